The predicted molar refractivity (Wildman–Crippen MR) is 153 cm³/mol. The van der Waals surface area contributed by atoms with Crippen molar-refractivity contribution in [1.82, 2.24) is 0 Å². The molecule has 0 amide bonds. The number of rotatable bonds is 3. The van der Waals surface area contributed by atoms with Crippen molar-refractivity contribution in [2.45, 2.75) is 34.6 Å². The fourth-order valence-corrected chi connectivity index (χ4v) is 2.95. The van der Waals surface area contributed by atoms with E-state index in [0.29, 0.717) is 0 Å². The number of benzene rings is 3. The van der Waals surface area contributed by atoms with Gasteiger partial charge in [0.2, 0.25) is 0 Å². The van der Waals surface area contributed by atoms with Crippen LogP contribution in [0.1, 0.15) is 27.8 Å². The number of nitro groups is 1. The molecule has 0 aliphatic heterocycles. The van der Waals surface area contributed by atoms with Crippen molar-refractivity contribution >= 4 is 22.7 Å². The molecule has 3 rings (SSSR count). The zero-order valence-electron chi connectivity index (χ0n) is 23.0. The fraction of sp³-hybridized carbons (Fsp3) is 0.357. The molecule has 3 aromatic rings. The molecule has 0 atom stereocenters. The van der Waals surface area contributed by atoms with Crippen LogP contribution in [-0.4, -0.2) is 40.2 Å². The highest BCUT2D eigenvalue weighted by molar-refractivity contribution is 5.57. The van der Waals surface area contributed by atoms with E-state index in [1.807, 2.05) is 40.1 Å². The second kappa shape index (κ2) is 15.3. The molecule has 4 N–H and O–H groups in total. The first-order valence-electron chi connectivity index (χ1n) is 11.4. The Bertz CT molecular complexity index is 1020. The first-order chi connectivity index (χ1) is 16.3. The third kappa shape index (κ3) is 10.9. The molecule has 0 fully saturated rings. The normalized spacial score (nSPS) is 9.34. The summed E-state index contributed by atoms with van der Waals surface area (Å²) in [5.74, 6) is 0. The third-order valence-corrected chi connectivity index (χ3v) is 5.33. The number of hydrogen-bond donors (Lipinski definition) is 2. The van der Waals surface area contributed by atoms with E-state index in [0.717, 1.165) is 22.4 Å². The van der Waals surface area contributed by atoms with Crippen molar-refractivity contribution in [3.8, 4) is 0 Å². The van der Waals surface area contributed by atoms with Gasteiger partial charge in [-0.15, -0.1) is 0 Å². The highest BCUT2D eigenvalue weighted by atomic mass is 16.6. The summed E-state index contributed by atoms with van der Waals surface area (Å²) in [6.45, 7) is 9.95. The van der Waals surface area contributed by atoms with E-state index in [1.165, 1.54) is 35.6 Å². The smallest absolute Gasteiger partial charge is 0.272 e. The lowest BCUT2D eigenvalue weighted by molar-refractivity contribution is -0.385. The molecule has 192 valence electrons. The zero-order chi connectivity index (χ0) is 27.3. The topological polar surface area (TPSA) is 102 Å². The molecule has 35 heavy (non-hydrogen) atoms. The van der Waals surface area contributed by atoms with Crippen molar-refractivity contribution in [2.24, 2.45) is 5.73 Å². The standard InChI is InChI=1S/C10H15N.C9H14N2.C8H9NO2.CH5N/c1-8-5-6-10(11(3)4)7-9(8)2;1-7-6-8(11(2)3)4-5-9(7)10;1-6-3-4-8(9(10)11)7(2)5-6;1-2/h5-7H,1-4H3;4-6H,10H2,1-3H3;3-5H,1-2H3;2H2,1H3. The molecule has 0 saturated heterocycles. The van der Waals surface area contributed by atoms with Crippen LogP contribution in [-0.2, 0) is 0 Å². The minimum atomic E-state index is -0.366. The van der Waals surface area contributed by atoms with Crippen LogP contribution in [0.15, 0.2) is 54.6 Å². The van der Waals surface area contributed by atoms with E-state index < -0.39 is 0 Å². The number of anilines is 3. The van der Waals surface area contributed by atoms with E-state index in [1.54, 1.807) is 19.1 Å². The number of nitrogens with two attached hydrogens (primary N) is 2. The molecule has 7 heteroatoms. The molecule has 0 aliphatic rings. The second-order valence-corrected chi connectivity index (χ2v) is 8.65. The van der Waals surface area contributed by atoms with Gasteiger partial charge in [-0.25, -0.2) is 0 Å². The van der Waals surface area contributed by atoms with Crippen LogP contribution >= 0.6 is 0 Å². The average molecular weight is 482 g/mol. The van der Waals surface area contributed by atoms with Crippen molar-refractivity contribution in [3.63, 3.8) is 0 Å². The summed E-state index contributed by atoms with van der Waals surface area (Å²) in [5.41, 5.74) is 19.3. The molecular weight excluding hydrogens is 438 g/mol. The summed E-state index contributed by atoms with van der Waals surface area (Å²) < 4.78 is 0. The molecule has 0 bridgehead atoms. The number of nitrogen functional groups attached to an aromatic ring is 1. The fourth-order valence-electron chi connectivity index (χ4n) is 2.95. The van der Waals surface area contributed by atoms with Crippen molar-refractivity contribution < 1.29 is 4.92 Å². The molecule has 0 radical (unpaired) electrons. The van der Waals surface area contributed by atoms with Gasteiger partial charge in [-0.3, -0.25) is 10.1 Å². The van der Waals surface area contributed by atoms with Gasteiger partial charge in [0, 0.05) is 56.9 Å². The molecule has 0 spiro atoms. The Morgan fingerprint density at radius 3 is 1.54 bits per heavy atom. The molecule has 0 aliphatic carbocycles. The lowest BCUT2D eigenvalue weighted by Gasteiger charge is -2.13. The van der Waals surface area contributed by atoms with Gasteiger partial charge >= 0.3 is 0 Å². The zero-order valence-corrected chi connectivity index (χ0v) is 23.0. The van der Waals surface area contributed by atoms with Gasteiger partial charge in [-0.2, -0.15) is 0 Å². The number of nitrogens with zero attached hydrogens (tertiary/aromatic N) is 3. The minimum absolute atomic E-state index is 0.190. The molecule has 0 heterocycles. The summed E-state index contributed by atoms with van der Waals surface area (Å²) in [4.78, 5) is 14.2. The van der Waals surface area contributed by atoms with Crippen LogP contribution in [0.4, 0.5) is 22.7 Å². The second-order valence-electron chi connectivity index (χ2n) is 8.65. The lowest BCUT2D eigenvalue weighted by Crippen LogP contribution is -2.08. The van der Waals surface area contributed by atoms with E-state index in [2.05, 4.69) is 67.7 Å². The third-order valence-electron chi connectivity index (χ3n) is 5.33. The van der Waals surface area contributed by atoms with E-state index in [4.69, 9.17) is 5.73 Å². The highest BCUT2D eigenvalue weighted by Crippen LogP contribution is 2.19. The maximum Gasteiger partial charge on any atom is 0.272 e. The Kier molecular flexibility index (Phi) is 13.8. The Morgan fingerprint density at radius 2 is 1.14 bits per heavy atom. The van der Waals surface area contributed by atoms with Crippen LogP contribution in [0.5, 0.6) is 0 Å². The molecule has 0 saturated carbocycles. The summed E-state index contributed by atoms with van der Waals surface area (Å²) in [6, 6.07) is 17.6. The first-order valence-corrected chi connectivity index (χ1v) is 11.4. The monoisotopic (exact) mass is 481 g/mol. The Hall–Kier alpha value is -3.58. The number of aryl methyl sites for hydroxylation is 5. The summed E-state index contributed by atoms with van der Waals surface area (Å²) in [5, 5.41) is 10.3. The van der Waals surface area contributed by atoms with Gasteiger partial charge in [-0.1, -0.05) is 17.7 Å². The molecule has 0 aromatic heterocycles. The van der Waals surface area contributed by atoms with Crippen molar-refractivity contribution in [3.05, 3.63) is 92.5 Å². The summed E-state index contributed by atoms with van der Waals surface area (Å²) in [6.07, 6.45) is 0. The maximum atomic E-state index is 10.3. The van der Waals surface area contributed by atoms with Crippen LogP contribution in [0.25, 0.3) is 0 Å². The number of hydrogen-bond acceptors (Lipinski definition) is 6. The van der Waals surface area contributed by atoms with Gasteiger partial charge in [0.15, 0.2) is 0 Å². The van der Waals surface area contributed by atoms with Crippen LogP contribution in [0.3, 0.4) is 0 Å². The van der Waals surface area contributed by atoms with Gasteiger partial charge in [0.1, 0.15) is 0 Å². The van der Waals surface area contributed by atoms with Gasteiger partial charge in [-0.05, 0) is 94.8 Å². The molecule has 3 aromatic carbocycles. The SMILES string of the molecule is CN.Cc1cc(N(C)C)ccc1N.Cc1ccc(N(C)C)cc1C.Cc1ccc([N+](=O)[O-])c(C)c1. The quantitative estimate of drug-likeness (QED) is 0.278. The predicted octanol–water partition coefficient (Wildman–Crippen LogP) is 5.80. The van der Waals surface area contributed by atoms with E-state index in [-0.39, 0.29) is 10.6 Å². The first kappa shape index (κ1) is 31.4. The Balaban J connectivity index is 0.000000478. The number of nitro benzene ring substituents is 1. The Morgan fingerprint density at radius 1 is 0.657 bits per heavy atom. The maximum absolute atomic E-state index is 10.3. The Labute approximate surface area is 211 Å². The van der Waals surface area contributed by atoms with E-state index in [9.17, 15) is 10.1 Å². The van der Waals surface area contributed by atoms with Crippen LogP contribution in [0.2, 0.25) is 0 Å². The van der Waals surface area contributed by atoms with Gasteiger partial charge in [0.05, 0.1) is 4.92 Å². The average Bonchev–Trinajstić information content (AvgIpc) is 2.79. The van der Waals surface area contributed by atoms with Crippen LogP contribution < -0.4 is 21.3 Å². The van der Waals surface area contributed by atoms with Gasteiger partial charge in [0.25, 0.3) is 5.69 Å². The minimum Gasteiger partial charge on any atom is -0.399 e. The van der Waals surface area contributed by atoms with Crippen molar-refractivity contribution in [1.29, 1.82) is 0 Å². The highest BCUT2D eigenvalue weighted by Gasteiger charge is 2.07. The molecule has 7 nitrogen and oxygen atoms in total. The van der Waals surface area contributed by atoms with Gasteiger partial charge < -0.3 is 21.3 Å². The summed E-state index contributed by atoms with van der Waals surface area (Å²) >= 11 is 0. The van der Waals surface area contributed by atoms with Crippen LogP contribution in [0, 0.1) is 44.7 Å². The van der Waals surface area contributed by atoms with E-state index >= 15 is 0 Å². The van der Waals surface area contributed by atoms with Crippen molar-refractivity contribution in [2.75, 3.05) is 50.8 Å². The largest absolute Gasteiger partial charge is 0.399 e. The summed E-state index contributed by atoms with van der Waals surface area (Å²) in [7, 11) is 9.66. The molecule has 0 unspecified atom stereocenters. The molecular formula is C28H43N5O2. The lowest BCUT2D eigenvalue weighted by atomic mass is 10.1.